The van der Waals surface area contributed by atoms with Crippen LogP contribution in [0.5, 0.6) is 0 Å². The maximum atomic E-state index is 11.8. The number of nitrogens with one attached hydrogen (secondary N) is 1. The lowest BCUT2D eigenvalue weighted by Crippen LogP contribution is -2.31. The molecule has 1 saturated carbocycles. The molecule has 1 fully saturated rings. The van der Waals surface area contributed by atoms with Crippen molar-refractivity contribution in [2.24, 2.45) is 7.05 Å². The Morgan fingerprint density at radius 2 is 2.44 bits per heavy atom. The maximum Gasteiger partial charge on any atom is 0.256 e. The van der Waals surface area contributed by atoms with E-state index in [0.29, 0.717) is 17.9 Å². The van der Waals surface area contributed by atoms with Crippen molar-refractivity contribution in [2.75, 3.05) is 18.5 Å². The number of aryl methyl sites for hydroxylation is 1. The van der Waals surface area contributed by atoms with Gasteiger partial charge in [-0.25, -0.2) is 0 Å². The van der Waals surface area contributed by atoms with Gasteiger partial charge in [0.2, 0.25) is 0 Å². The second-order valence-electron chi connectivity index (χ2n) is 4.14. The van der Waals surface area contributed by atoms with E-state index in [9.17, 15) is 4.79 Å². The van der Waals surface area contributed by atoms with Gasteiger partial charge >= 0.3 is 0 Å². The zero-order chi connectivity index (χ0) is 11.8. The van der Waals surface area contributed by atoms with Crippen molar-refractivity contribution in [3.05, 3.63) is 11.8 Å². The Bertz CT molecular complexity index is 411. The van der Waals surface area contributed by atoms with Crippen LogP contribution in [0.3, 0.4) is 0 Å². The number of amides is 1. The molecule has 1 amide bonds. The molecular weight excluding hydrogens is 224 g/mol. The van der Waals surface area contributed by atoms with Crippen LogP contribution in [0.2, 0.25) is 0 Å². The molecule has 1 aliphatic carbocycles. The summed E-state index contributed by atoms with van der Waals surface area (Å²) in [7, 11) is 1.72. The SMILES string of the molecule is CSC1(CNC(=O)c2cnn(C)c2N)CC1. The number of hydrogen-bond acceptors (Lipinski definition) is 4. The van der Waals surface area contributed by atoms with Gasteiger partial charge in [-0.15, -0.1) is 0 Å². The summed E-state index contributed by atoms with van der Waals surface area (Å²) >= 11 is 1.82. The second-order valence-corrected chi connectivity index (χ2v) is 5.41. The molecule has 16 heavy (non-hydrogen) atoms. The van der Waals surface area contributed by atoms with E-state index in [1.54, 1.807) is 7.05 Å². The van der Waals surface area contributed by atoms with Crippen molar-refractivity contribution in [3.8, 4) is 0 Å². The molecule has 0 saturated heterocycles. The smallest absolute Gasteiger partial charge is 0.256 e. The van der Waals surface area contributed by atoms with Crippen LogP contribution in [0.25, 0.3) is 0 Å². The molecule has 1 aliphatic rings. The highest BCUT2D eigenvalue weighted by Crippen LogP contribution is 2.46. The molecule has 1 aromatic heterocycles. The van der Waals surface area contributed by atoms with Crippen molar-refractivity contribution >= 4 is 23.5 Å². The van der Waals surface area contributed by atoms with Crippen LogP contribution >= 0.6 is 11.8 Å². The van der Waals surface area contributed by atoms with E-state index < -0.39 is 0 Å². The lowest BCUT2D eigenvalue weighted by molar-refractivity contribution is 0.0954. The largest absolute Gasteiger partial charge is 0.383 e. The average molecular weight is 240 g/mol. The average Bonchev–Trinajstić information content (AvgIpc) is 2.99. The minimum absolute atomic E-state index is 0.133. The molecule has 1 heterocycles. The quantitative estimate of drug-likeness (QED) is 0.809. The van der Waals surface area contributed by atoms with Crippen LogP contribution in [-0.4, -0.2) is 33.2 Å². The van der Waals surface area contributed by atoms with Crippen LogP contribution in [0.15, 0.2) is 6.20 Å². The standard InChI is InChI=1S/C10H16N4OS/c1-14-8(11)7(5-13-14)9(15)12-6-10(16-2)3-4-10/h5H,3-4,6,11H2,1-2H3,(H,12,15). The molecule has 3 N–H and O–H groups in total. The summed E-state index contributed by atoms with van der Waals surface area (Å²) in [4.78, 5) is 11.8. The summed E-state index contributed by atoms with van der Waals surface area (Å²) in [5, 5.41) is 6.86. The third kappa shape index (κ3) is 2.02. The number of thioether (sulfide) groups is 1. The molecule has 2 rings (SSSR count). The van der Waals surface area contributed by atoms with Crippen molar-refractivity contribution in [1.82, 2.24) is 15.1 Å². The van der Waals surface area contributed by atoms with Crippen molar-refractivity contribution in [2.45, 2.75) is 17.6 Å². The van der Waals surface area contributed by atoms with Crippen LogP contribution < -0.4 is 11.1 Å². The number of rotatable bonds is 4. The number of nitrogens with two attached hydrogens (primary N) is 1. The summed E-state index contributed by atoms with van der Waals surface area (Å²) in [5.74, 6) is 0.275. The Hall–Kier alpha value is -1.17. The highest BCUT2D eigenvalue weighted by molar-refractivity contribution is 8.00. The van der Waals surface area contributed by atoms with Crippen LogP contribution in [0, 0.1) is 0 Å². The number of hydrogen-bond donors (Lipinski definition) is 2. The third-order valence-electron chi connectivity index (χ3n) is 3.04. The number of aromatic nitrogens is 2. The first-order valence-electron chi connectivity index (χ1n) is 5.19. The van der Waals surface area contributed by atoms with Crippen molar-refractivity contribution in [3.63, 3.8) is 0 Å². The Labute approximate surface area is 98.8 Å². The fourth-order valence-corrected chi connectivity index (χ4v) is 2.28. The highest BCUT2D eigenvalue weighted by Gasteiger charge is 2.42. The summed E-state index contributed by atoms with van der Waals surface area (Å²) in [6.07, 6.45) is 5.94. The topological polar surface area (TPSA) is 72.9 Å². The normalized spacial score (nSPS) is 17.1. The number of carbonyl (C=O) groups excluding carboxylic acids is 1. The summed E-state index contributed by atoms with van der Waals surface area (Å²) in [6.45, 7) is 0.710. The predicted octanol–water partition coefficient (Wildman–Crippen LogP) is 0.628. The first-order valence-corrected chi connectivity index (χ1v) is 6.41. The molecule has 0 radical (unpaired) electrons. The number of carbonyl (C=O) groups is 1. The van der Waals surface area contributed by atoms with E-state index in [0.717, 1.165) is 0 Å². The molecule has 0 unspecified atom stereocenters. The van der Waals surface area contributed by atoms with Gasteiger partial charge in [0, 0.05) is 18.3 Å². The van der Waals surface area contributed by atoms with Crippen molar-refractivity contribution < 1.29 is 4.79 Å². The zero-order valence-electron chi connectivity index (χ0n) is 9.49. The van der Waals surface area contributed by atoms with Gasteiger partial charge in [0.1, 0.15) is 11.4 Å². The fraction of sp³-hybridized carbons (Fsp3) is 0.600. The number of anilines is 1. The lowest BCUT2D eigenvalue weighted by atomic mass is 10.3. The molecule has 0 aliphatic heterocycles. The Kier molecular flexibility index (Phi) is 2.84. The molecular formula is C10H16N4OS. The maximum absolute atomic E-state index is 11.8. The van der Waals surface area contributed by atoms with Crippen molar-refractivity contribution in [1.29, 1.82) is 0 Å². The second kappa shape index (κ2) is 4.01. The van der Waals surface area contributed by atoms with Crippen LogP contribution in [0.1, 0.15) is 23.2 Å². The molecule has 5 nitrogen and oxygen atoms in total. The number of nitrogens with zero attached hydrogens (tertiary/aromatic N) is 2. The Morgan fingerprint density at radius 3 is 2.88 bits per heavy atom. The number of nitrogen functional groups attached to an aromatic ring is 1. The Morgan fingerprint density at radius 1 is 1.75 bits per heavy atom. The first kappa shape index (κ1) is 11.3. The van der Waals surface area contributed by atoms with Gasteiger partial charge in [-0.05, 0) is 19.1 Å². The van der Waals surface area contributed by atoms with Gasteiger partial charge in [0.05, 0.1) is 6.20 Å². The highest BCUT2D eigenvalue weighted by atomic mass is 32.2. The monoisotopic (exact) mass is 240 g/mol. The molecule has 0 atom stereocenters. The lowest BCUT2D eigenvalue weighted by Gasteiger charge is -2.12. The van der Waals surface area contributed by atoms with E-state index >= 15 is 0 Å². The molecule has 1 aromatic rings. The summed E-state index contributed by atoms with van der Waals surface area (Å²) < 4.78 is 1.77. The fourth-order valence-electron chi connectivity index (χ4n) is 1.55. The van der Waals surface area contributed by atoms with E-state index in [1.165, 1.54) is 23.7 Å². The summed E-state index contributed by atoms with van der Waals surface area (Å²) in [5.41, 5.74) is 6.18. The van der Waals surface area contributed by atoms with Gasteiger partial charge in [-0.2, -0.15) is 16.9 Å². The van der Waals surface area contributed by atoms with E-state index in [1.807, 2.05) is 11.8 Å². The molecule has 88 valence electrons. The summed E-state index contributed by atoms with van der Waals surface area (Å²) in [6, 6.07) is 0. The Balaban J connectivity index is 1.96. The predicted molar refractivity (Wildman–Crippen MR) is 65.4 cm³/mol. The molecule has 0 spiro atoms. The first-order chi connectivity index (χ1) is 7.58. The molecule has 0 aromatic carbocycles. The molecule has 0 bridgehead atoms. The third-order valence-corrected chi connectivity index (χ3v) is 4.46. The van der Waals surface area contributed by atoms with Crippen LogP contribution in [-0.2, 0) is 7.05 Å². The van der Waals surface area contributed by atoms with Gasteiger partial charge in [-0.1, -0.05) is 0 Å². The van der Waals surface area contributed by atoms with Gasteiger partial charge in [0.25, 0.3) is 5.91 Å². The van der Waals surface area contributed by atoms with Crippen LogP contribution in [0.4, 0.5) is 5.82 Å². The van der Waals surface area contributed by atoms with E-state index in [-0.39, 0.29) is 10.7 Å². The van der Waals surface area contributed by atoms with E-state index in [4.69, 9.17) is 5.73 Å². The minimum atomic E-state index is -0.133. The van der Waals surface area contributed by atoms with Gasteiger partial charge < -0.3 is 11.1 Å². The van der Waals surface area contributed by atoms with Gasteiger partial charge in [-0.3, -0.25) is 9.48 Å². The minimum Gasteiger partial charge on any atom is -0.383 e. The molecule has 6 heteroatoms. The van der Waals surface area contributed by atoms with Gasteiger partial charge in [0.15, 0.2) is 0 Å². The zero-order valence-corrected chi connectivity index (χ0v) is 10.3. The van der Waals surface area contributed by atoms with E-state index in [2.05, 4.69) is 16.7 Å².